The van der Waals surface area contributed by atoms with Crippen LogP contribution in [0.25, 0.3) is 0 Å². The number of carbonyl (C=O) groups excluding carboxylic acids is 2. The van der Waals surface area contributed by atoms with Crippen LogP contribution >= 0.6 is 27.5 Å². The maximum atomic E-state index is 13.6. The highest BCUT2D eigenvalue weighted by atomic mass is 79.9. The number of halogens is 2. The van der Waals surface area contributed by atoms with Crippen LogP contribution in [0, 0.1) is 11.3 Å². The van der Waals surface area contributed by atoms with Crippen molar-refractivity contribution in [1.82, 2.24) is 14.7 Å². The predicted molar refractivity (Wildman–Crippen MR) is 162 cm³/mol. The van der Waals surface area contributed by atoms with E-state index in [4.69, 9.17) is 11.6 Å². The number of nitrogens with zero attached hydrogens (tertiary/aromatic N) is 3. The van der Waals surface area contributed by atoms with Gasteiger partial charge in [0, 0.05) is 53.7 Å². The Hall–Kier alpha value is -2.67. The van der Waals surface area contributed by atoms with Gasteiger partial charge in [-0.2, -0.15) is 0 Å². The summed E-state index contributed by atoms with van der Waals surface area (Å²) in [7, 11) is 0. The first-order valence-electron chi connectivity index (χ1n) is 14.3. The average molecular weight is 621 g/mol. The van der Waals surface area contributed by atoms with Gasteiger partial charge in [0.15, 0.2) is 0 Å². The molecule has 208 valence electrons. The molecule has 0 unspecified atom stereocenters. The summed E-state index contributed by atoms with van der Waals surface area (Å²) < 4.78 is 1.06. The van der Waals surface area contributed by atoms with Gasteiger partial charge >= 0.3 is 0 Å². The largest absolute Gasteiger partial charge is 0.338 e. The van der Waals surface area contributed by atoms with Crippen LogP contribution in [-0.4, -0.2) is 65.8 Å². The highest BCUT2D eigenvalue weighted by Crippen LogP contribution is 2.43. The Labute approximate surface area is 250 Å². The van der Waals surface area contributed by atoms with E-state index in [0.29, 0.717) is 35.5 Å². The highest BCUT2D eigenvalue weighted by Gasteiger charge is 2.48. The van der Waals surface area contributed by atoms with Gasteiger partial charge in [-0.1, -0.05) is 76.1 Å². The number of benzene rings is 3. The van der Waals surface area contributed by atoms with Crippen molar-refractivity contribution in [1.29, 1.82) is 0 Å². The van der Waals surface area contributed by atoms with Gasteiger partial charge in [-0.05, 0) is 79.7 Å². The zero-order valence-electron chi connectivity index (χ0n) is 22.6. The highest BCUT2D eigenvalue weighted by molar-refractivity contribution is 9.10. The molecular formula is C33H35BrClN3O2. The summed E-state index contributed by atoms with van der Waals surface area (Å²) >= 11 is 9.68. The summed E-state index contributed by atoms with van der Waals surface area (Å²) in [4.78, 5) is 33.6. The van der Waals surface area contributed by atoms with Crippen LogP contribution in [0.3, 0.4) is 0 Å². The Morgan fingerprint density at radius 2 is 1.62 bits per heavy atom. The number of amides is 2. The molecule has 0 aromatic heterocycles. The second-order valence-electron chi connectivity index (χ2n) is 11.7. The van der Waals surface area contributed by atoms with Gasteiger partial charge in [0.05, 0.1) is 5.41 Å². The number of carbonyl (C=O) groups is 2. The molecule has 0 bridgehead atoms. The van der Waals surface area contributed by atoms with Crippen molar-refractivity contribution in [2.24, 2.45) is 11.3 Å². The third-order valence-electron chi connectivity index (χ3n) is 9.22. The first-order chi connectivity index (χ1) is 19.4. The topological polar surface area (TPSA) is 43.9 Å². The minimum Gasteiger partial charge on any atom is -0.338 e. The van der Waals surface area contributed by atoms with Crippen LogP contribution in [0.5, 0.6) is 0 Å². The molecule has 7 heteroatoms. The van der Waals surface area contributed by atoms with Crippen molar-refractivity contribution in [3.63, 3.8) is 0 Å². The molecule has 40 heavy (non-hydrogen) atoms. The molecule has 5 nitrogen and oxygen atoms in total. The summed E-state index contributed by atoms with van der Waals surface area (Å²) in [5, 5.41) is 0.584. The van der Waals surface area contributed by atoms with Crippen molar-refractivity contribution in [3.8, 4) is 0 Å². The molecule has 3 heterocycles. The van der Waals surface area contributed by atoms with E-state index in [0.717, 1.165) is 56.5 Å². The molecule has 3 aliphatic rings. The molecule has 6 rings (SSSR count). The van der Waals surface area contributed by atoms with E-state index in [1.807, 2.05) is 35.2 Å². The predicted octanol–water partition coefficient (Wildman–Crippen LogP) is 6.47. The number of rotatable bonds is 6. The third kappa shape index (κ3) is 5.72. The van der Waals surface area contributed by atoms with Crippen LogP contribution in [-0.2, 0) is 11.3 Å². The van der Waals surface area contributed by atoms with Crippen LogP contribution in [0.2, 0.25) is 5.02 Å². The molecule has 1 spiro atoms. The fraction of sp³-hybridized carbons (Fsp3) is 0.394. The third-order valence-corrected chi connectivity index (χ3v) is 9.99. The number of likely N-dealkylation sites (tertiary alicyclic amines) is 3. The summed E-state index contributed by atoms with van der Waals surface area (Å²) in [6.45, 7) is 5.76. The smallest absolute Gasteiger partial charge is 0.253 e. The first-order valence-corrected chi connectivity index (χ1v) is 15.4. The van der Waals surface area contributed by atoms with Crippen LogP contribution in [0.4, 0.5) is 0 Å². The van der Waals surface area contributed by atoms with Gasteiger partial charge in [-0.3, -0.25) is 9.59 Å². The lowest BCUT2D eigenvalue weighted by Crippen LogP contribution is -2.46. The Kier molecular flexibility index (Phi) is 8.02. The molecule has 3 fully saturated rings. The molecule has 2 amide bonds. The Morgan fingerprint density at radius 1 is 0.900 bits per heavy atom. The Morgan fingerprint density at radius 3 is 2.35 bits per heavy atom. The fourth-order valence-electron chi connectivity index (χ4n) is 6.92. The molecule has 0 saturated carbocycles. The Balaban J connectivity index is 1.10. The van der Waals surface area contributed by atoms with Crippen molar-refractivity contribution in [2.75, 3.05) is 39.3 Å². The summed E-state index contributed by atoms with van der Waals surface area (Å²) in [6, 6.07) is 26.1. The van der Waals surface area contributed by atoms with Crippen molar-refractivity contribution >= 4 is 39.3 Å². The van der Waals surface area contributed by atoms with Crippen LogP contribution < -0.4 is 0 Å². The SMILES string of the molecule is O=C(c1cccc(Cl)c1)N1C[C@H](CN2CCC3(CC2)CCN(Cc2ccc(Br)cc2)C3=O)[C@@H](c2ccccc2)C1. The van der Waals surface area contributed by atoms with Gasteiger partial charge in [0.2, 0.25) is 5.91 Å². The van der Waals surface area contributed by atoms with E-state index < -0.39 is 0 Å². The summed E-state index contributed by atoms with van der Waals surface area (Å²) in [5.41, 5.74) is 2.90. The standard InChI is InChI=1S/C33H35BrClN3O2/c34-28-11-9-24(10-12-28)20-37-18-15-33(32(37)40)13-16-36(17-14-33)21-27-22-38(23-30(27)25-5-2-1-3-6-25)31(39)26-7-4-8-29(35)19-26/h1-12,19,27,30H,13-18,20-23H2/t27-,30+/m0/s1. The molecule has 0 aliphatic carbocycles. The van der Waals surface area contributed by atoms with Gasteiger partial charge in [-0.15, -0.1) is 0 Å². The van der Waals surface area contributed by atoms with Crippen molar-refractivity contribution in [3.05, 3.63) is 105 Å². The van der Waals surface area contributed by atoms with Crippen molar-refractivity contribution in [2.45, 2.75) is 31.7 Å². The molecule has 3 saturated heterocycles. The second-order valence-corrected chi connectivity index (χ2v) is 13.0. The summed E-state index contributed by atoms with van der Waals surface area (Å²) in [5.74, 6) is 1.00. The number of hydrogen-bond acceptors (Lipinski definition) is 3. The zero-order chi connectivity index (χ0) is 27.7. The van der Waals surface area contributed by atoms with E-state index in [1.165, 1.54) is 11.1 Å². The van der Waals surface area contributed by atoms with E-state index in [2.05, 4.69) is 62.1 Å². The lowest BCUT2D eigenvalue weighted by Gasteiger charge is -2.39. The maximum Gasteiger partial charge on any atom is 0.253 e. The minimum atomic E-state index is -0.213. The van der Waals surface area contributed by atoms with Crippen LogP contribution in [0.15, 0.2) is 83.3 Å². The molecule has 3 aromatic rings. The van der Waals surface area contributed by atoms with E-state index in [1.54, 1.807) is 12.1 Å². The van der Waals surface area contributed by atoms with Crippen LogP contribution in [0.1, 0.15) is 46.7 Å². The lowest BCUT2D eigenvalue weighted by atomic mass is 9.76. The second kappa shape index (κ2) is 11.7. The molecular weight excluding hydrogens is 586 g/mol. The maximum absolute atomic E-state index is 13.6. The summed E-state index contributed by atoms with van der Waals surface area (Å²) in [6.07, 6.45) is 2.78. The Bertz CT molecular complexity index is 1360. The normalized spacial score (nSPS) is 22.8. The molecule has 3 aliphatic heterocycles. The number of hydrogen-bond donors (Lipinski definition) is 0. The van der Waals surface area contributed by atoms with Gasteiger partial charge in [0.1, 0.15) is 0 Å². The van der Waals surface area contributed by atoms with Gasteiger partial charge in [-0.25, -0.2) is 0 Å². The quantitative estimate of drug-likeness (QED) is 0.317. The van der Waals surface area contributed by atoms with E-state index in [9.17, 15) is 9.59 Å². The van der Waals surface area contributed by atoms with E-state index in [-0.39, 0.29) is 17.2 Å². The first kappa shape index (κ1) is 27.5. The minimum absolute atomic E-state index is 0.0472. The molecule has 0 radical (unpaired) electrons. The molecule has 3 aromatic carbocycles. The molecule has 2 atom stereocenters. The average Bonchev–Trinajstić information content (AvgIpc) is 3.53. The fourth-order valence-corrected chi connectivity index (χ4v) is 7.37. The number of piperidine rings is 1. The van der Waals surface area contributed by atoms with Gasteiger partial charge < -0.3 is 14.7 Å². The lowest BCUT2D eigenvalue weighted by molar-refractivity contribution is -0.139. The molecule has 0 N–H and O–H groups in total. The monoisotopic (exact) mass is 619 g/mol. The van der Waals surface area contributed by atoms with Gasteiger partial charge in [0.25, 0.3) is 5.91 Å². The van der Waals surface area contributed by atoms with E-state index >= 15 is 0 Å². The zero-order valence-corrected chi connectivity index (χ0v) is 25.0. The van der Waals surface area contributed by atoms with Crippen molar-refractivity contribution < 1.29 is 9.59 Å².